The van der Waals surface area contributed by atoms with Gasteiger partial charge in [-0.2, -0.15) is 5.10 Å². The minimum Gasteiger partial charge on any atom is -0.497 e. The van der Waals surface area contributed by atoms with Crippen LogP contribution in [0.25, 0.3) is 22.2 Å². The third kappa shape index (κ3) is 4.92. The molecule has 4 aromatic rings. The molecule has 5 rings (SSSR count). The van der Waals surface area contributed by atoms with Crippen LogP contribution < -0.4 is 4.74 Å². The largest absolute Gasteiger partial charge is 0.497 e. The average Bonchev–Trinajstić information content (AvgIpc) is 3.61. The van der Waals surface area contributed by atoms with Crippen molar-refractivity contribution in [2.24, 2.45) is 0 Å². The first-order chi connectivity index (χ1) is 16.5. The number of hydrogen-bond donors (Lipinski definition) is 0. The van der Waals surface area contributed by atoms with Crippen LogP contribution in [-0.4, -0.2) is 38.7 Å². The van der Waals surface area contributed by atoms with Gasteiger partial charge in [-0.25, -0.2) is 4.98 Å². The van der Waals surface area contributed by atoms with E-state index in [1.807, 2.05) is 71.2 Å². The first-order valence-corrected chi connectivity index (χ1v) is 11.9. The van der Waals surface area contributed by atoms with E-state index in [1.165, 1.54) is 0 Å². The van der Waals surface area contributed by atoms with E-state index in [1.54, 1.807) is 7.11 Å². The van der Waals surface area contributed by atoms with E-state index in [0.29, 0.717) is 24.5 Å². The Labute approximate surface area is 204 Å². The van der Waals surface area contributed by atoms with Crippen LogP contribution in [0.15, 0.2) is 60.8 Å². The van der Waals surface area contributed by atoms with Gasteiger partial charge in [0.1, 0.15) is 5.75 Å². The molecule has 0 atom stereocenters. The SMILES string of the molecule is COc1ccc2cc(CN(C(=O)CCn3ccc(C)n3)C3CC3)c(-c3ccc(Cl)cc3)nc2c1. The Balaban J connectivity index is 1.48. The molecule has 6 nitrogen and oxygen atoms in total. The normalized spacial score (nSPS) is 13.3. The van der Waals surface area contributed by atoms with Crippen LogP contribution in [0.5, 0.6) is 5.75 Å². The number of rotatable bonds is 8. The van der Waals surface area contributed by atoms with Crippen LogP contribution >= 0.6 is 11.6 Å². The van der Waals surface area contributed by atoms with Crippen molar-refractivity contribution in [1.82, 2.24) is 19.7 Å². The summed E-state index contributed by atoms with van der Waals surface area (Å²) in [6.45, 7) is 3.06. The third-order valence-electron chi connectivity index (χ3n) is 6.20. The van der Waals surface area contributed by atoms with Crippen LogP contribution in [0, 0.1) is 6.92 Å². The number of carbonyl (C=O) groups is 1. The van der Waals surface area contributed by atoms with Crippen molar-refractivity contribution in [2.75, 3.05) is 7.11 Å². The molecule has 0 N–H and O–H groups in total. The van der Waals surface area contributed by atoms with Gasteiger partial charge >= 0.3 is 0 Å². The molecule has 1 fully saturated rings. The summed E-state index contributed by atoms with van der Waals surface area (Å²) >= 11 is 6.14. The van der Waals surface area contributed by atoms with Crippen LogP contribution in [-0.2, 0) is 17.9 Å². The molecule has 1 amide bonds. The summed E-state index contributed by atoms with van der Waals surface area (Å²) in [7, 11) is 1.65. The molecular weight excluding hydrogens is 448 g/mol. The minimum absolute atomic E-state index is 0.146. The monoisotopic (exact) mass is 474 g/mol. The number of amides is 1. The maximum absolute atomic E-state index is 13.3. The van der Waals surface area contributed by atoms with E-state index < -0.39 is 0 Å². The highest BCUT2D eigenvalue weighted by atomic mass is 35.5. The summed E-state index contributed by atoms with van der Waals surface area (Å²) in [6.07, 6.45) is 4.43. The number of fused-ring (bicyclic) bond motifs is 1. The van der Waals surface area contributed by atoms with Crippen molar-refractivity contribution >= 4 is 28.4 Å². The molecule has 174 valence electrons. The quantitative estimate of drug-likeness (QED) is 0.331. The predicted molar refractivity (Wildman–Crippen MR) is 134 cm³/mol. The van der Waals surface area contributed by atoms with E-state index >= 15 is 0 Å². The summed E-state index contributed by atoms with van der Waals surface area (Å²) in [5, 5.41) is 6.11. The minimum atomic E-state index is 0.146. The number of nitrogens with zero attached hydrogens (tertiary/aromatic N) is 4. The zero-order chi connectivity index (χ0) is 23.7. The Morgan fingerprint density at radius 3 is 2.62 bits per heavy atom. The standard InChI is InChI=1S/C27H27ClN4O2/c1-18-11-13-31(30-18)14-12-26(33)32(23-8-9-23)17-21-15-20-5-10-24(34-2)16-25(20)29-27(21)19-3-6-22(28)7-4-19/h3-7,10-11,13,15-16,23H,8-9,12,14,17H2,1-2H3. The van der Waals surface area contributed by atoms with E-state index in [0.717, 1.165) is 52.0 Å². The van der Waals surface area contributed by atoms with Gasteiger partial charge in [-0.3, -0.25) is 9.48 Å². The van der Waals surface area contributed by atoms with Crippen molar-refractivity contribution < 1.29 is 9.53 Å². The van der Waals surface area contributed by atoms with Crippen molar-refractivity contribution in [3.63, 3.8) is 0 Å². The molecule has 0 spiro atoms. The summed E-state index contributed by atoms with van der Waals surface area (Å²) < 4.78 is 7.23. The summed E-state index contributed by atoms with van der Waals surface area (Å²) in [5.74, 6) is 0.908. The van der Waals surface area contributed by atoms with Crippen LogP contribution in [0.1, 0.15) is 30.5 Å². The Hall–Kier alpha value is -3.38. The molecule has 2 heterocycles. The molecule has 34 heavy (non-hydrogen) atoms. The number of halogens is 1. The molecule has 2 aromatic heterocycles. The lowest BCUT2D eigenvalue weighted by molar-refractivity contribution is -0.132. The lowest BCUT2D eigenvalue weighted by Crippen LogP contribution is -2.33. The van der Waals surface area contributed by atoms with Crippen LogP contribution in [0.2, 0.25) is 5.02 Å². The van der Waals surface area contributed by atoms with Gasteiger partial charge in [0.05, 0.1) is 24.0 Å². The second kappa shape index (κ2) is 9.47. The fourth-order valence-corrected chi connectivity index (χ4v) is 4.35. The highest BCUT2D eigenvalue weighted by Crippen LogP contribution is 2.33. The molecule has 7 heteroatoms. The zero-order valence-corrected chi connectivity index (χ0v) is 20.1. The van der Waals surface area contributed by atoms with Gasteiger partial charge in [0.2, 0.25) is 5.91 Å². The van der Waals surface area contributed by atoms with E-state index in [-0.39, 0.29) is 11.9 Å². The summed E-state index contributed by atoms with van der Waals surface area (Å²) in [5.41, 5.74) is 4.66. The fraction of sp³-hybridized carbons (Fsp3) is 0.296. The third-order valence-corrected chi connectivity index (χ3v) is 6.45. The lowest BCUT2D eigenvalue weighted by Gasteiger charge is -2.24. The van der Waals surface area contributed by atoms with Gasteiger partial charge in [0.25, 0.3) is 0 Å². The second-order valence-electron chi connectivity index (χ2n) is 8.78. The number of ether oxygens (including phenoxy) is 1. The zero-order valence-electron chi connectivity index (χ0n) is 19.4. The highest BCUT2D eigenvalue weighted by molar-refractivity contribution is 6.30. The van der Waals surface area contributed by atoms with Crippen molar-refractivity contribution in [3.8, 4) is 17.0 Å². The molecule has 1 aliphatic carbocycles. The second-order valence-corrected chi connectivity index (χ2v) is 9.22. The van der Waals surface area contributed by atoms with Gasteiger partial charge in [-0.05, 0) is 61.7 Å². The average molecular weight is 475 g/mol. The first kappa shape index (κ1) is 22.4. The van der Waals surface area contributed by atoms with Gasteiger partial charge in [-0.15, -0.1) is 0 Å². The highest BCUT2D eigenvalue weighted by Gasteiger charge is 2.33. The maximum atomic E-state index is 13.3. The first-order valence-electron chi connectivity index (χ1n) is 11.5. The predicted octanol–water partition coefficient (Wildman–Crippen LogP) is 5.65. The molecule has 1 saturated carbocycles. The molecule has 0 saturated heterocycles. The Bertz CT molecular complexity index is 1330. The van der Waals surface area contributed by atoms with Gasteiger partial charge in [-0.1, -0.05) is 23.7 Å². The number of benzene rings is 2. The Morgan fingerprint density at radius 2 is 1.94 bits per heavy atom. The molecule has 0 aliphatic heterocycles. The van der Waals surface area contributed by atoms with Crippen LogP contribution in [0.3, 0.4) is 0 Å². The molecule has 0 unspecified atom stereocenters. The van der Waals surface area contributed by atoms with Gasteiger partial charge in [0.15, 0.2) is 0 Å². The van der Waals surface area contributed by atoms with Gasteiger partial charge in [0, 0.05) is 53.8 Å². The smallest absolute Gasteiger partial charge is 0.224 e. The Kier molecular flexibility index (Phi) is 6.24. The lowest BCUT2D eigenvalue weighted by atomic mass is 10.0. The molecule has 0 radical (unpaired) electrons. The molecule has 0 bridgehead atoms. The number of carbonyl (C=O) groups excluding carboxylic acids is 1. The molecule has 2 aromatic carbocycles. The number of aryl methyl sites for hydroxylation is 2. The summed E-state index contributed by atoms with van der Waals surface area (Å²) in [6, 6.07) is 18.0. The van der Waals surface area contributed by atoms with Crippen molar-refractivity contribution in [1.29, 1.82) is 0 Å². The maximum Gasteiger partial charge on any atom is 0.224 e. The number of pyridine rings is 1. The van der Waals surface area contributed by atoms with E-state index in [9.17, 15) is 4.79 Å². The fourth-order valence-electron chi connectivity index (χ4n) is 4.23. The number of hydrogen-bond acceptors (Lipinski definition) is 4. The van der Waals surface area contributed by atoms with Crippen molar-refractivity contribution in [2.45, 2.75) is 45.3 Å². The van der Waals surface area contributed by atoms with E-state index in [2.05, 4.69) is 11.2 Å². The number of methoxy groups -OCH3 is 1. The molecular formula is C27H27ClN4O2. The van der Waals surface area contributed by atoms with E-state index in [4.69, 9.17) is 21.3 Å². The topological polar surface area (TPSA) is 60.2 Å². The number of aromatic nitrogens is 3. The Morgan fingerprint density at radius 1 is 1.15 bits per heavy atom. The molecule has 1 aliphatic rings. The van der Waals surface area contributed by atoms with Crippen LogP contribution in [0.4, 0.5) is 0 Å². The van der Waals surface area contributed by atoms with Crippen molar-refractivity contribution in [3.05, 3.63) is 77.1 Å². The van der Waals surface area contributed by atoms with Gasteiger partial charge < -0.3 is 9.64 Å². The summed E-state index contributed by atoms with van der Waals surface area (Å²) in [4.78, 5) is 20.3.